The fourth-order valence-electron chi connectivity index (χ4n) is 2.00. The number of sulfone groups is 1. The minimum Gasteiger partial charge on any atom is -0.321 e. The van der Waals surface area contributed by atoms with Crippen LogP contribution in [0.4, 0.5) is 5.69 Å². The Balaban J connectivity index is 1.76. The molecule has 122 valence electrons. The van der Waals surface area contributed by atoms with Gasteiger partial charge in [-0.15, -0.1) is 21.5 Å². The van der Waals surface area contributed by atoms with E-state index < -0.39 is 9.84 Å². The van der Waals surface area contributed by atoms with E-state index in [1.54, 1.807) is 36.4 Å². The summed E-state index contributed by atoms with van der Waals surface area (Å²) in [6.45, 7) is 0. The third-order valence-corrected chi connectivity index (χ3v) is 5.05. The minimum absolute atomic E-state index is 0.0638. The van der Waals surface area contributed by atoms with E-state index in [0.717, 1.165) is 11.8 Å². The Labute approximate surface area is 143 Å². The lowest BCUT2D eigenvalue weighted by atomic mass is 10.1. The van der Waals surface area contributed by atoms with Gasteiger partial charge < -0.3 is 5.32 Å². The maximum absolute atomic E-state index is 12.0. The van der Waals surface area contributed by atoms with Gasteiger partial charge in [0.2, 0.25) is 0 Å². The van der Waals surface area contributed by atoms with Crippen LogP contribution in [-0.2, 0) is 9.84 Å². The van der Waals surface area contributed by atoms with Gasteiger partial charge in [0.15, 0.2) is 14.9 Å². The lowest BCUT2D eigenvalue weighted by molar-refractivity contribution is 0.103. The van der Waals surface area contributed by atoms with Crippen molar-refractivity contribution < 1.29 is 13.2 Å². The molecule has 0 atom stereocenters. The fourth-order valence-corrected chi connectivity index (χ4v) is 3.12. The second-order valence-corrected chi connectivity index (χ2v) is 7.95. The van der Waals surface area contributed by atoms with Crippen LogP contribution in [0.3, 0.4) is 0 Å². The maximum atomic E-state index is 12.0. The van der Waals surface area contributed by atoms with Crippen molar-refractivity contribution in [3.05, 3.63) is 58.8 Å². The number of anilines is 1. The molecule has 0 saturated heterocycles. The molecule has 2 heterocycles. The molecule has 0 saturated carbocycles. The first-order valence-corrected chi connectivity index (χ1v) is 9.70. The monoisotopic (exact) mass is 359 g/mol. The predicted molar refractivity (Wildman–Crippen MR) is 92.9 cm³/mol. The number of aromatic nitrogens is 2. The molecule has 1 amide bonds. The van der Waals surface area contributed by atoms with E-state index in [2.05, 4.69) is 15.5 Å². The molecule has 3 rings (SSSR count). The van der Waals surface area contributed by atoms with Gasteiger partial charge in [-0.25, -0.2) is 8.42 Å². The number of amides is 1. The summed E-state index contributed by atoms with van der Waals surface area (Å²) in [5.41, 5.74) is 1.99. The van der Waals surface area contributed by atoms with Crippen LogP contribution in [0.25, 0.3) is 11.3 Å². The van der Waals surface area contributed by atoms with E-state index in [9.17, 15) is 13.2 Å². The number of nitrogens with zero attached hydrogens (tertiary/aromatic N) is 2. The molecule has 0 bridgehead atoms. The van der Waals surface area contributed by atoms with Crippen LogP contribution < -0.4 is 5.32 Å². The van der Waals surface area contributed by atoms with E-state index >= 15 is 0 Å². The van der Waals surface area contributed by atoms with Crippen molar-refractivity contribution >= 4 is 32.8 Å². The molecule has 0 spiro atoms. The highest BCUT2D eigenvalue weighted by Gasteiger charge is 2.10. The normalized spacial score (nSPS) is 11.2. The van der Waals surface area contributed by atoms with Crippen LogP contribution in [-0.4, -0.2) is 30.8 Å². The Kier molecular flexibility index (Phi) is 4.41. The summed E-state index contributed by atoms with van der Waals surface area (Å²) in [5.74, 6) is -0.157. The fraction of sp³-hybridized carbons (Fsp3) is 0.0625. The van der Waals surface area contributed by atoms with Crippen molar-refractivity contribution in [1.82, 2.24) is 10.2 Å². The first-order chi connectivity index (χ1) is 11.4. The van der Waals surface area contributed by atoms with Gasteiger partial charge in [-0.05, 0) is 35.7 Å². The number of thiophene rings is 1. The lowest BCUT2D eigenvalue weighted by Crippen LogP contribution is -2.09. The minimum atomic E-state index is -3.36. The molecular weight excluding hydrogens is 346 g/mol. The average Bonchev–Trinajstić information content (AvgIpc) is 3.09. The summed E-state index contributed by atoms with van der Waals surface area (Å²) in [5, 5.41) is 12.2. The van der Waals surface area contributed by atoms with E-state index in [1.165, 1.54) is 17.4 Å². The van der Waals surface area contributed by atoms with Gasteiger partial charge >= 0.3 is 0 Å². The van der Waals surface area contributed by atoms with Crippen LogP contribution in [0.5, 0.6) is 0 Å². The molecule has 0 aliphatic carbocycles. The van der Waals surface area contributed by atoms with Crippen molar-refractivity contribution in [2.24, 2.45) is 0 Å². The maximum Gasteiger partial charge on any atom is 0.265 e. The third kappa shape index (κ3) is 3.66. The van der Waals surface area contributed by atoms with Crippen LogP contribution in [0.15, 0.2) is 58.9 Å². The van der Waals surface area contributed by atoms with E-state index in [4.69, 9.17) is 0 Å². The molecule has 1 N–H and O–H groups in total. The van der Waals surface area contributed by atoms with Crippen molar-refractivity contribution in [3.63, 3.8) is 0 Å². The Hall–Kier alpha value is -2.58. The number of nitrogens with one attached hydrogen (secondary N) is 1. The van der Waals surface area contributed by atoms with Gasteiger partial charge in [0.1, 0.15) is 0 Å². The zero-order chi connectivity index (χ0) is 17.2. The van der Waals surface area contributed by atoms with Crippen LogP contribution in [0.1, 0.15) is 9.67 Å². The van der Waals surface area contributed by atoms with Crippen molar-refractivity contribution in [3.8, 4) is 11.3 Å². The Morgan fingerprint density at radius 2 is 1.79 bits per heavy atom. The summed E-state index contributed by atoms with van der Waals surface area (Å²) in [6.07, 6.45) is 1.09. The molecule has 2 aromatic heterocycles. The molecule has 8 heteroatoms. The zero-order valence-corrected chi connectivity index (χ0v) is 14.3. The van der Waals surface area contributed by atoms with Crippen LogP contribution in [0.2, 0.25) is 0 Å². The van der Waals surface area contributed by atoms with Gasteiger partial charge in [0.05, 0.1) is 10.6 Å². The highest BCUT2D eigenvalue weighted by atomic mass is 32.2. The van der Waals surface area contributed by atoms with Gasteiger partial charge in [-0.2, -0.15) is 0 Å². The smallest absolute Gasteiger partial charge is 0.265 e. The molecule has 3 aromatic rings. The predicted octanol–water partition coefficient (Wildman–Crippen LogP) is 2.86. The number of hydrogen-bond donors (Lipinski definition) is 1. The first kappa shape index (κ1) is 16.3. The van der Waals surface area contributed by atoms with Gasteiger partial charge in [-0.3, -0.25) is 4.79 Å². The zero-order valence-electron chi connectivity index (χ0n) is 12.6. The molecule has 24 heavy (non-hydrogen) atoms. The second-order valence-electron chi connectivity index (χ2n) is 5.04. The molecule has 6 nitrogen and oxygen atoms in total. The molecule has 0 aliphatic heterocycles. The molecular formula is C16H13N3O3S2. The molecule has 0 fully saturated rings. The van der Waals surface area contributed by atoms with Crippen LogP contribution in [0, 0.1) is 0 Å². The molecule has 0 aliphatic rings. The quantitative estimate of drug-likeness (QED) is 0.774. The molecule has 0 radical (unpaired) electrons. The summed E-state index contributed by atoms with van der Waals surface area (Å²) < 4.78 is 22.8. The summed E-state index contributed by atoms with van der Waals surface area (Å²) in [6, 6.07) is 13.7. The second kappa shape index (κ2) is 6.50. The third-order valence-electron chi connectivity index (χ3n) is 3.20. The topological polar surface area (TPSA) is 89.0 Å². The summed E-state index contributed by atoms with van der Waals surface area (Å²) in [7, 11) is -3.36. The van der Waals surface area contributed by atoms with E-state index in [-0.39, 0.29) is 10.9 Å². The molecule has 0 unspecified atom stereocenters. The standard InChI is InChI=1S/C16H13N3O3S2/c1-24(21,22)15-9-8-13(18-19-15)11-4-6-12(7-5-11)17-16(20)14-3-2-10-23-14/h2-10H,1H3,(H,17,20). The number of benzene rings is 1. The number of rotatable bonds is 4. The van der Waals surface area contributed by atoms with Crippen molar-refractivity contribution in [2.45, 2.75) is 5.03 Å². The lowest BCUT2D eigenvalue weighted by Gasteiger charge is -2.05. The first-order valence-electron chi connectivity index (χ1n) is 6.92. The summed E-state index contributed by atoms with van der Waals surface area (Å²) >= 11 is 1.37. The Morgan fingerprint density at radius 3 is 2.33 bits per heavy atom. The number of hydrogen-bond acceptors (Lipinski definition) is 6. The summed E-state index contributed by atoms with van der Waals surface area (Å²) in [4.78, 5) is 12.6. The van der Waals surface area contributed by atoms with E-state index in [0.29, 0.717) is 16.3 Å². The Morgan fingerprint density at radius 1 is 1.04 bits per heavy atom. The highest BCUT2D eigenvalue weighted by Crippen LogP contribution is 2.20. The number of carbonyl (C=O) groups is 1. The highest BCUT2D eigenvalue weighted by molar-refractivity contribution is 7.90. The number of carbonyl (C=O) groups excluding carboxylic acids is 1. The van der Waals surface area contributed by atoms with Gasteiger partial charge in [0, 0.05) is 17.5 Å². The SMILES string of the molecule is CS(=O)(=O)c1ccc(-c2ccc(NC(=O)c3cccs3)cc2)nn1. The van der Waals surface area contributed by atoms with Crippen molar-refractivity contribution in [2.75, 3.05) is 11.6 Å². The van der Waals surface area contributed by atoms with Crippen molar-refractivity contribution in [1.29, 1.82) is 0 Å². The van der Waals surface area contributed by atoms with Crippen LogP contribution >= 0.6 is 11.3 Å². The Bertz CT molecular complexity index is 949. The molecule has 1 aromatic carbocycles. The average molecular weight is 359 g/mol. The largest absolute Gasteiger partial charge is 0.321 e. The van der Waals surface area contributed by atoms with Gasteiger partial charge in [0.25, 0.3) is 5.91 Å². The van der Waals surface area contributed by atoms with E-state index in [1.807, 2.05) is 11.4 Å². The van der Waals surface area contributed by atoms with Gasteiger partial charge in [-0.1, -0.05) is 18.2 Å².